The molecule has 2 heterocycles. The lowest BCUT2D eigenvalue weighted by Gasteiger charge is -2.46. The van der Waals surface area contributed by atoms with Crippen molar-refractivity contribution in [2.75, 3.05) is 6.61 Å². The third kappa shape index (κ3) is 3.55. The van der Waals surface area contributed by atoms with Gasteiger partial charge in [0.2, 0.25) is 5.79 Å². The van der Waals surface area contributed by atoms with Crippen molar-refractivity contribution in [3.8, 4) is 11.1 Å². The van der Waals surface area contributed by atoms with E-state index in [0.717, 1.165) is 22.3 Å². The summed E-state index contributed by atoms with van der Waals surface area (Å²) < 4.78 is 11.7. The summed E-state index contributed by atoms with van der Waals surface area (Å²) in [5, 5.41) is 40.8. The minimum absolute atomic E-state index is 0.208. The predicted molar refractivity (Wildman–Crippen MR) is 118 cm³/mol. The summed E-state index contributed by atoms with van der Waals surface area (Å²) >= 11 is 0. The second-order valence-corrected chi connectivity index (χ2v) is 8.45. The van der Waals surface area contributed by atoms with E-state index in [9.17, 15) is 20.4 Å². The average molecular weight is 434 g/mol. The second-order valence-electron chi connectivity index (χ2n) is 8.45. The molecular weight excluding hydrogens is 408 g/mol. The Morgan fingerprint density at radius 1 is 0.812 bits per heavy atom. The van der Waals surface area contributed by atoms with Gasteiger partial charge in [-0.2, -0.15) is 0 Å². The maximum atomic E-state index is 10.7. The Hall–Kier alpha value is -2.58. The van der Waals surface area contributed by atoms with E-state index in [1.807, 2.05) is 36.4 Å². The first-order chi connectivity index (χ1) is 15.5. The zero-order chi connectivity index (χ0) is 22.3. The number of ether oxygens (including phenoxy) is 2. The zero-order valence-electron chi connectivity index (χ0n) is 17.5. The molecule has 3 aromatic carbocycles. The van der Waals surface area contributed by atoms with Crippen LogP contribution in [0.3, 0.4) is 0 Å². The van der Waals surface area contributed by atoms with E-state index in [0.29, 0.717) is 12.0 Å². The molecule has 1 fully saturated rings. The van der Waals surface area contributed by atoms with Gasteiger partial charge in [0.25, 0.3) is 0 Å². The van der Waals surface area contributed by atoms with Gasteiger partial charge in [0.1, 0.15) is 24.4 Å². The van der Waals surface area contributed by atoms with Crippen LogP contribution in [0.1, 0.15) is 22.3 Å². The SMILES string of the molecule is OC[C@H]1OC2(OCc3ccc(Cc4ccc(-c5ccccc5)cc4)cc32)[C@H](O)[C@@H](O)[C@@H]1O. The van der Waals surface area contributed by atoms with Crippen molar-refractivity contribution in [1.82, 2.24) is 0 Å². The minimum atomic E-state index is -1.62. The van der Waals surface area contributed by atoms with Gasteiger partial charge in [0.05, 0.1) is 13.2 Å². The van der Waals surface area contributed by atoms with Crippen LogP contribution in [-0.2, 0) is 28.3 Å². The highest BCUT2D eigenvalue weighted by Crippen LogP contribution is 2.46. The smallest absolute Gasteiger partial charge is 0.225 e. The normalized spacial score (nSPS) is 29.2. The fourth-order valence-corrected chi connectivity index (χ4v) is 4.61. The Bertz CT molecular complexity index is 1080. The standard InChI is InChI=1S/C26H26O6/c27-14-22-23(28)24(29)25(30)26(32-22)21-13-17(8-11-20(21)15-31-26)12-16-6-9-19(10-7-16)18-4-2-1-3-5-18/h1-11,13,22-25,27-30H,12,14-15H2/t22-,23-,24+,25-,26?/m1/s1. The summed E-state index contributed by atoms with van der Waals surface area (Å²) in [6, 6.07) is 24.4. The maximum absolute atomic E-state index is 10.7. The number of aliphatic hydroxyl groups is 4. The lowest BCUT2D eigenvalue weighted by molar-refractivity contribution is -0.368. The Labute approximate surface area is 186 Å². The van der Waals surface area contributed by atoms with E-state index in [1.54, 1.807) is 0 Å². The molecule has 5 atom stereocenters. The van der Waals surface area contributed by atoms with Crippen molar-refractivity contribution < 1.29 is 29.9 Å². The molecule has 0 bridgehead atoms. The molecule has 6 nitrogen and oxygen atoms in total. The highest BCUT2D eigenvalue weighted by molar-refractivity contribution is 5.63. The summed E-state index contributed by atoms with van der Waals surface area (Å²) in [4.78, 5) is 0. The number of hydrogen-bond acceptors (Lipinski definition) is 6. The van der Waals surface area contributed by atoms with E-state index in [2.05, 4.69) is 36.4 Å². The molecule has 166 valence electrons. The Kier molecular flexibility index (Phi) is 5.59. The molecular formula is C26H26O6. The molecule has 1 unspecified atom stereocenters. The average Bonchev–Trinajstić information content (AvgIpc) is 3.20. The largest absolute Gasteiger partial charge is 0.394 e. The molecule has 1 spiro atoms. The van der Waals surface area contributed by atoms with E-state index < -0.39 is 36.8 Å². The van der Waals surface area contributed by atoms with E-state index >= 15 is 0 Å². The Balaban J connectivity index is 1.42. The van der Waals surface area contributed by atoms with Crippen molar-refractivity contribution in [2.45, 2.75) is 43.2 Å². The first-order valence-corrected chi connectivity index (χ1v) is 10.8. The van der Waals surface area contributed by atoms with Crippen LogP contribution in [-0.4, -0.2) is 51.4 Å². The topological polar surface area (TPSA) is 99.4 Å². The third-order valence-electron chi connectivity index (χ3n) is 6.41. The zero-order valence-corrected chi connectivity index (χ0v) is 17.5. The molecule has 0 aromatic heterocycles. The number of fused-ring (bicyclic) bond motifs is 2. The van der Waals surface area contributed by atoms with Crippen LogP contribution in [0, 0.1) is 0 Å². The van der Waals surface area contributed by atoms with E-state index in [4.69, 9.17) is 9.47 Å². The Morgan fingerprint density at radius 3 is 2.22 bits per heavy atom. The lowest BCUT2D eigenvalue weighted by Crippen LogP contribution is -2.63. The third-order valence-corrected chi connectivity index (χ3v) is 6.41. The van der Waals surface area contributed by atoms with Gasteiger partial charge in [-0.1, -0.05) is 66.7 Å². The van der Waals surface area contributed by atoms with E-state index in [-0.39, 0.29) is 6.61 Å². The minimum Gasteiger partial charge on any atom is -0.394 e. The van der Waals surface area contributed by atoms with Gasteiger partial charge in [0.15, 0.2) is 0 Å². The molecule has 3 aromatic rings. The van der Waals surface area contributed by atoms with Crippen LogP contribution >= 0.6 is 0 Å². The number of benzene rings is 3. The van der Waals surface area contributed by atoms with Crippen LogP contribution in [0.15, 0.2) is 72.8 Å². The summed E-state index contributed by atoms with van der Waals surface area (Å²) in [7, 11) is 0. The van der Waals surface area contributed by atoms with Crippen LogP contribution in [0.25, 0.3) is 11.1 Å². The summed E-state index contributed by atoms with van der Waals surface area (Å²) in [5.74, 6) is -1.62. The lowest BCUT2D eigenvalue weighted by atomic mass is 9.86. The number of aliphatic hydroxyl groups excluding tert-OH is 4. The molecule has 2 aliphatic heterocycles. The molecule has 0 radical (unpaired) electrons. The predicted octanol–water partition coefficient (Wildman–Crippen LogP) is 2.10. The van der Waals surface area contributed by atoms with Crippen LogP contribution in [0.5, 0.6) is 0 Å². The fraction of sp³-hybridized carbons (Fsp3) is 0.308. The highest BCUT2D eigenvalue weighted by Gasteiger charge is 2.58. The second kappa shape index (κ2) is 8.41. The first-order valence-electron chi connectivity index (χ1n) is 10.8. The van der Waals surface area contributed by atoms with Crippen molar-refractivity contribution in [3.05, 3.63) is 95.1 Å². The van der Waals surface area contributed by atoms with Gasteiger partial charge in [0, 0.05) is 5.56 Å². The Morgan fingerprint density at radius 2 is 1.50 bits per heavy atom. The van der Waals surface area contributed by atoms with Crippen molar-refractivity contribution in [2.24, 2.45) is 0 Å². The molecule has 0 aliphatic carbocycles. The molecule has 4 N–H and O–H groups in total. The van der Waals surface area contributed by atoms with Gasteiger partial charge in [-0.25, -0.2) is 0 Å². The van der Waals surface area contributed by atoms with Crippen LogP contribution in [0.4, 0.5) is 0 Å². The summed E-state index contributed by atoms with van der Waals surface area (Å²) in [6.45, 7) is -0.293. The summed E-state index contributed by atoms with van der Waals surface area (Å²) in [5.41, 5.74) is 5.90. The van der Waals surface area contributed by atoms with Crippen molar-refractivity contribution in [3.63, 3.8) is 0 Å². The molecule has 32 heavy (non-hydrogen) atoms. The highest BCUT2D eigenvalue weighted by atomic mass is 16.7. The molecule has 5 rings (SSSR count). The van der Waals surface area contributed by atoms with E-state index in [1.165, 1.54) is 5.56 Å². The quantitative estimate of drug-likeness (QED) is 0.502. The maximum Gasteiger partial charge on any atom is 0.225 e. The fourth-order valence-electron chi connectivity index (χ4n) is 4.61. The van der Waals surface area contributed by atoms with Crippen molar-refractivity contribution >= 4 is 0 Å². The van der Waals surface area contributed by atoms with Gasteiger partial charge in [-0.05, 0) is 40.3 Å². The molecule has 0 saturated carbocycles. The van der Waals surface area contributed by atoms with Crippen molar-refractivity contribution in [1.29, 1.82) is 0 Å². The molecule has 0 amide bonds. The summed E-state index contributed by atoms with van der Waals surface area (Å²) in [6.07, 6.45) is -4.78. The molecule has 1 saturated heterocycles. The van der Waals surface area contributed by atoms with Gasteiger partial charge in [-0.3, -0.25) is 0 Å². The van der Waals surface area contributed by atoms with Crippen LogP contribution in [0.2, 0.25) is 0 Å². The number of hydrogen-bond donors (Lipinski definition) is 4. The molecule has 2 aliphatic rings. The van der Waals surface area contributed by atoms with Gasteiger partial charge >= 0.3 is 0 Å². The molecule has 6 heteroatoms. The number of rotatable bonds is 4. The van der Waals surface area contributed by atoms with Gasteiger partial charge < -0.3 is 29.9 Å². The first kappa shape index (κ1) is 21.3. The van der Waals surface area contributed by atoms with Gasteiger partial charge in [-0.15, -0.1) is 0 Å². The monoisotopic (exact) mass is 434 g/mol. The van der Waals surface area contributed by atoms with Crippen LogP contribution < -0.4 is 0 Å².